The lowest BCUT2D eigenvalue weighted by molar-refractivity contribution is -0.114. The summed E-state index contributed by atoms with van der Waals surface area (Å²) in [4.78, 5) is 25.5. The van der Waals surface area contributed by atoms with E-state index in [1.807, 2.05) is 18.2 Å². The third-order valence-electron chi connectivity index (χ3n) is 4.07. The van der Waals surface area contributed by atoms with Crippen molar-refractivity contribution in [2.45, 2.75) is 25.7 Å². The topological polar surface area (TPSA) is 37.4 Å². The summed E-state index contributed by atoms with van der Waals surface area (Å²) in [7, 11) is 0. The molecule has 22 heavy (non-hydrogen) atoms. The predicted octanol–water partition coefficient (Wildman–Crippen LogP) is 3.63. The summed E-state index contributed by atoms with van der Waals surface area (Å²) in [6, 6.07) is 17.7. The monoisotopic (exact) mass is 293 g/mol. The van der Waals surface area contributed by atoms with E-state index in [0.29, 0.717) is 12.1 Å². The van der Waals surface area contributed by atoms with Crippen LogP contribution in [0.3, 0.4) is 0 Å². The molecule has 1 aliphatic heterocycles. The lowest BCUT2D eigenvalue weighted by Gasteiger charge is -2.16. The highest BCUT2D eigenvalue weighted by molar-refractivity contribution is 6.52. The largest absolute Gasteiger partial charge is 0.305 e. The number of hydrogen-bond donors (Lipinski definition) is 0. The fraction of sp³-hybridized carbons (Fsp3) is 0.263. The Morgan fingerprint density at radius 1 is 0.773 bits per heavy atom. The maximum atomic E-state index is 12.0. The third-order valence-corrected chi connectivity index (χ3v) is 4.07. The molecule has 112 valence electrons. The van der Waals surface area contributed by atoms with Crippen molar-refractivity contribution in [1.82, 2.24) is 0 Å². The van der Waals surface area contributed by atoms with Crippen molar-refractivity contribution in [3.63, 3.8) is 0 Å². The molecule has 3 rings (SSSR count). The van der Waals surface area contributed by atoms with Gasteiger partial charge in [0.1, 0.15) is 0 Å². The van der Waals surface area contributed by atoms with E-state index >= 15 is 0 Å². The molecule has 1 aliphatic rings. The van der Waals surface area contributed by atoms with Crippen LogP contribution >= 0.6 is 0 Å². The van der Waals surface area contributed by atoms with E-state index in [0.717, 1.165) is 31.4 Å². The Morgan fingerprint density at radius 2 is 1.50 bits per heavy atom. The van der Waals surface area contributed by atoms with E-state index in [4.69, 9.17) is 0 Å². The minimum absolute atomic E-state index is 0.375. The molecule has 0 bridgehead atoms. The summed E-state index contributed by atoms with van der Waals surface area (Å²) >= 11 is 0. The standard InChI is InChI=1S/C19H19NO2/c21-18-16-12-6-7-13-17(16)20(19(18)22)14-8-2-5-11-15-9-3-1-4-10-15/h1,3-4,6-7,9-10,12-13H,2,5,8,11,14H2. The Kier molecular flexibility index (Phi) is 4.33. The number of fused-ring (bicyclic) bond motifs is 1. The van der Waals surface area contributed by atoms with Crippen LogP contribution in [0.4, 0.5) is 5.69 Å². The maximum absolute atomic E-state index is 12.0. The number of carbonyl (C=O) groups is 2. The molecular weight excluding hydrogens is 274 g/mol. The highest BCUT2D eigenvalue weighted by Crippen LogP contribution is 2.28. The SMILES string of the molecule is O=C1C(=O)N(CCCCCc2ccccc2)c2ccccc21. The summed E-state index contributed by atoms with van der Waals surface area (Å²) in [6.07, 6.45) is 4.13. The second-order valence-electron chi connectivity index (χ2n) is 5.60. The molecule has 0 atom stereocenters. The second-order valence-corrected chi connectivity index (χ2v) is 5.60. The number of anilines is 1. The van der Waals surface area contributed by atoms with E-state index < -0.39 is 0 Å². The van der Waals surface area contributed by atoms with Gasteiger partial charge in [-0.15, -0.1) is 0 Å². The van der Waals surface area contributed by atoms with E-state index in [1.54, 1.807) is 17.0 Å². The molecule has 2 aromatic carbocycles. The zero-order valence-electron chi connectivity index (χ0n) is 12.5. The van der Waals surface area contributed by atoms with Gasteiger partial charge in [0.25, 0.3) is 11.7 Å². The zero-order chi connectivity index (χ0) is 15.4. The van der Waals surface area contributed by atoms with Gasteiger partial charge in [0.05, 0.1) is 11.3 Å². The highest BCUT2D eigenvalue weighted by Gasteiger charge is 2.34. The van der Waals surface area contributed by atoms with E-state index in [2.05, 4.69) is 24.3 Å². The lowest BCUT2D eigenvalue weighted by Crippen LogP contribution is -2.30. The van der Waals surface area contributed by atoms with Crippen molar-refractivity contribution in [2.24, 2.45) is 0 Å². The number of unbranched alkanes of at least 4 members (excludes halogenated alkanes) is 2. The van der Waals surface area contributed by atoms with Crippen LogP contribution in [-0.2, 0) is 11.2 Å². The number of ketones is 1. The fourth-order valence-electron chi connectivity index (χ4n) is 2.89. The first kappa shape index (κ1) is 14.5. The molecule has 0 aliphatic carbocycles. The first-order valence-corrected chi connectivity index (χ1v) is 7.76. The quantitative estimate of drug-likeness (QED) is 0.602. The average Bonchev–Trinajstić information content (AvgIpc) is 2.81. The number of Topliss-reactive ketones (excluding diaryl/α,β-unsaturated/α-hetero) is 1. The molecule has 3 heteroatoms. The molecule has 0 aromatic heterocycles. The smallest absolute Gasteiger partial charge is 0.299 e. The summed E-state index contributed by atoms with van der Waals surface area (Å²) in [6.45, 7) is 0.621. The average molecular weight is 293 g/mol. The van der Waals surface area contributed by atoms with E-state index in [1.165, 1.54) is 5.56 Å². The Balaban J connectivity index is 1.50. The van der Waals surface area contributed by atoms with Gasteiger partial charge in [0.2, 0.25) is 0 Å². The molecule has 1 heterocycles. The maximum Gasteiger partial charge on any atom is 0.299 e. The lowest BCUT2D eigenvalue weighted by atomic mass is 10.1. The van der Waals surface area contributed by atoms with Crippen molar-refractivity contribution in [1.29, 1.82) is 0 Å². The Labute approximate surface area is 130 Å². The summed E-state index contributed by atoms with van der Waals surface area (Å²) in [5.74, 6) is -0.760. The van der Waals surface area contributed by atoms with Crippen LogP contribution in [-0.4, -0.2) is 18.2 Å². The Hall–Kier alpha value is -2.42. The number of para-hydroxylation sites is 1. The molecule has 3 nitrogen and oxygen atoms in total. The van der Waals surface area contributed by atoms with Gasteiger partial charge in [-0.1, -0.05) is 48.9 Å². The normalized spacial score (nSPS) is 13.5. The number of hydrogen-bond acceptors (Lipinski definition) is 2. The minimum atomic E-state index is -0.385. The molecule has 0 saturated heterocycles. The Morgan fingerprint density at radius 3 is 2.32 bits per heavy atom. The second kappa shape index (κ2) is 6.56. The van der Waals surface area contributed by atoms with Crippen molar-refractivity contribution >= 4 is 17.4 Å². The van der Waals surface area contributed by atoms with Crippen LogP contribution in [0.2, 0.25) is 0 Å². The number of carbonyl (C=O) groups excluding carboxylic acids is 2. The summed E-state index contributed by atoms with van der Waals surface area (Å²) < 4.78 is 0. The van der Waals surface area contributed by atoms with Crippen molar-refractivity contribution in [3.05, 3.63) is 65.7 Å². The van der Waals surface area contributed by atoms with Crippen LogP contribution in [0.5, 0.6) is 0 Å². The summed E-state index contributed by atoms with van der Waals surface area (Å²) in [5.41, 5.74) is 2.65. The number of nitrogens with zero attached hydrogens (tertiary/aromatic N) is 1. The molecule has 0 saturated carbocycles. The molecule has 0 spiro atoms. The van der Waals surface area contributed by atoms with Gasteiger partial charge < -0.3 is 4.90 Å². The fourth-order valence-corrected chi connectivity index (χ4v) is 2.89. The van der Waals surface area contributed by atoms with E-state index in [-0.39, 0.29) is 11.7 Å². The van der Waals surface area contributed by atoms with E-state index in [9.17, 15) is 9.59 Å². The molecule has 0 fully saturated rings. The van der Waals surface area contributed by atoms with Crippen LogP contribution in [0.15, 0.2) is 54.6 Å². The number of amides is 1. The van der Waals surface area contributed by atoms with Gasteiger partial charge in [0.15, 0.2) is 0 Å². The molecule has 0 unspecified atom stereocenters. The van der Waals surface area contributed by atoms with Crippen LogP contribution < -0.4 is 4.90 Å². The highest BCUT2D eigenvalue weighted by atomic mass is 16.2. The molecule has 0 radical (unpaired) electrons. The van der Waals surface area contributed by atoms with Gasteiger partial charge in [0, 0.05) is 6.54 Å². The van der Waals surface area contributed by atoms with Crippen LogP contribution in [0, 0.1) is 0 Å². The van der Waals surface area contributed by atoms with Gasteiger partial charge in [-0.2, -0.15) is 0 Å². The number of aryl methyl sites for hydroxylation is 1. The molecular formula is C19H19NO2. The first-order valence-electron chi connectivity index (χ1n) is 7.76. The van der Waals surface area contributed by atoms with Crippen molar-refractivity contribution in [2.75, 3.05) is 11.4 Å². The molecule has 2 aromatic rings. The van der Waals surface area contributed by atoms with Crippen LogP contribution in [0.25, 0.3) is 0 Å². The number of benzene rings is 2. The third kappa shape index (κ3) is 2.93. The van der Waals surface area contributed by atoms with Gasteiger partial charge >= 0.3 is 0 Å². The van der Waals surface area contributed by atoms with Crippen molar-refractivity contribution < 1.29 is 9.59 Å². The zero-order valence-corrected chi connectivity index (χ0v) is 12.5. The van der Waals surface area contributed by atoms with Gasteiger partial charge in [-0.3, -0.25) is 9.59 Å². The molecule has 1 amide bonds. The Bertz CT molecular complexity index is 679. The van der Waals surface area contributed by atoms with Crippen LogP contribution in [0.1, 0.15) is 35.2 Å². The molecule has 0 N–H and O–H groups in total. The number of rotatable bonds is 6. The first-order chi connectivity index (χ1) is 10.8. The summed E-state index contributed by atoms with van der Waals surface area (Å²) in [5, 5.41) is 0. The minimum Gasteiger partial charge on any atom is -0.305 e. The van der Waals surface area contributed by atoms with Crippen molar-refractivity contribution in [3.8, 4) is 0 Å². The predicted molar refractivity (Wildman–Crippen MR) is 87.1 cm³/mol. The van der Waals surface area contributed by atoms with Gasteiger partial charge in [-0.05, 0) is 37.0 Å². The van der Waals surface area contributed by atoms with Gasteiger partial charge in [-0.25, -0.2) is 0 Å².